The topological polar surface area (TPSA) is 66.2 Å². The third-order valence-corrected chi connectivity index (χ3v) is 6.44. The van der Waals surface area contributed by atoms with E-state index in [-0.39, 0.29) is 6.10 Å². The Balaban J connectivity index is 2.00. The van der Waals surface area contributed by atoms with Crippen LogP contribution in [0.5, 0.6) is 0 Å². The van der Waals surface area contributed by atoms with E-state index in [2.05, 4.69) is 11.5 Å². The summed E-state index contributed by atoms with van der Waals surface area (Å²) in [4.78, 5) is 2.31. The molecule has 3 heterocycles. The standard InChI is InChI=1S/C13H26N2O4Si/c1-2-7-16-12-13-11-15-5-8-17-20(19-13,10-3-4-14)18-9-6-15/h2,13H,1,3-12,14H2. The van der Waals surface area contributed by atoms with Gasteiger partial charge in [0.25, 0.3) is 0 Å². The highest BCUT2D eigenvalue weighted by Gasteiger charge is 2.45. The average molecular weight is 302 g/mol. The summed E-state index contributed by atoms with van der Waals surface area (Å²) >= 11 is 0. The molecule has 3 fully saturated rings. The molecule has 20 heavy (non-hydrogen) atoms. The molecule has 3 aliphatic heterocycles. The Morgan fingerprint density at radius 3 is 2.75 bits per heavy atom. The zero-order valence-corrected chi connectivity index (χ0v) is 13.1. The van der Waals surface area contributed by atoms with Crippen LogP contribution in [0.3, 0.4) is 0 Å². The summed E-state index contributed by atoms with van der Waals surface area (Å²) < 4.78 is 23.8. The summed E-state index contributed by atoms with van der Waals surface area (Å²) in [7, 11) is -2.58. The Bertz CT molecular complexity index is 291. The molecule has 1 atom stereocenters. The molecule has 0 aromatic heterocycles. The van der Waals surface area contributed by atoms with Crippen molar-refractivity contribution in [3.05, 3.63) is 12.7 Å². The summed E-state index contributed by atoms with van der Waals surface area (Å²) in [5.74, 6) is 0. The Hall–Kier alpha value is -0.283. The van der Waals surface area contributed by atoms with Gasteiger partial charge in [-0.15, -0.1) is 6.58 Å². The SMILES string of the molecule is C=CCOCC1CN2CCO[Si](CCCN)(OCC2)O1. The number of hydrogen-bond acceptors (Lipinski definition) is 6. The number of fused-ring (bicyclic) bond motifs is 6. The van der Waals surface area contributed by atoms with Gasteiger partial charge in [-0.25, -0.2) is 0 Å². The van der Waals surface area contributed by atoms with Gasteiger partial charge in [-0.1, -0.05) is 6.08 Å². The maximum Gasteiger partial charge on any atom is 0.501 e. The van der Waals surface area contributed by atoms with Gasteiger partial charge in [0, 0.05) is 25.7 Å². The molecule has 3 aliphatic rings. The Morgan fingerprint density at radius 1 is 1.35 bits per heavy atom. The molecule has 0 aromatic carbocycles. The van der Waals surface area contributed by atoms with Crippen molar-refractivity contribution in [3.8, 4) is 0 Å². The molecule has 2 bridgehead atoms. The van der Waals surface area contributed by atoms with Crippen molar-refractivity contribution in [2.45, 2.75) is 18.6 Å². The van der Waals surface area contributed by atoms with Crippen LogP contribution in [-0.2, 0) is 18.0 Å². The van der Waals surface area contributed by atoms with Crippen LogP contribution in [0.15, 0.2) is 12.7 Å². The van der Waals surface area contributed by atoms with E-state index in [1.165, 1.54) is 0 Å². The second-order valence-electron chi connectivity index (χ2n) is 5.14. The van der Waals surface area contributed by atoms with Gasteiger partial charge in [-0.2, -0.15) is 0 Å². The molecule has 3 rings (SSSR count). The first-order valence-electron chi connectivity index (χ1n) is 7.35. The van der Waals surface area contributed by atoms with Gasteiger partial charge in [0.05, 0.1) is 32.5 Å². The minimum absolute atomic E-state index is 0.00000819. The van der Waals surface area contributed by atoms with E-state index in [0.29, 0.717) is 33.0 Å². The Morgan fingerprint density at radius 2 is 2.10 bits per heavy atom. The Kier molecular flexibility index (Phi) is 6.62. The number of nitrogens with two attached hydrogens (primary N) is 1. The van der Waals surface area contributed by atoms with Crippen LogP contribution in [0.2, 0.25) is 6.04 Å². The molecular formula is C13H26N2O4Si. The maximum atomic E-state index is 6.24. The van der Waals surface area contributed by atoms with Crippen LogP contribution in [0.25, 0.3) is 0 Å². The molecule has 0 radical (unpaired) electrons. The Labute approximate surface area is 122 Å². The predicted octanol–water partition coefficient (Wildman–Crippen LogP) is 0.224. The molecule has 3 saturated heterocycles. The van der Waals surface area contributed by atoms with Crippen molar-refractivity contribution >= 4 is 8.80 Å². The summed E-state index contributed by atoms with van der Waals surface area (Å²) in [5.41, 5.74) is 5.62. The van der Waals surface area contributed by atoms with Gasteiger partial charge in [-0.3, -0.25) is 4.90 Å². The molecule has 116 valence electrons. The van der Waals surface area contributed by atoms with Crippen LogP contribution in [0.1, 0.15) is 6.42 Å². The van der Waals surface area contributed by atoms with E-state index >= 15 is 0 Å². The van der Waals surface area contributed by atoms with Gasteiger partial charge in [0.2, 0.25) is 0 Å². The third kappa shape index (κ3) is 4.63. The normalized spacial score (nSPS) is 34.2. The van der Waals surface area contributed by atoms with Gasteiger partial charge < -0.3 is 23.7 Å². The lowest BCUT2D eigenvalue weighted by molar-refractivity contribution is -0.0635. The summed E-state index contributed by atoms with van der Waals surface area (Å²) in [6, 6.07) is 0.793. The monoisotopic (exact) mass is 302 g/mol. The number of hydrogen-bond donors (Lipinski definition) is 1. The molecular weight excluding hydrogens is 276 g/mol. The maximum absolute atomic E-state index is 6.24. The van der Waals surface area contributed by atoms with Crippen LogP contribution in [0, 0.1) is 0 Å². The number of rotatable bonds is 7. The lowest BCUT2D eigenvalue weighted by atomic mass is 10.3. The fourth-order valence-electron chi connectivity index (χ4n) is 2.54. The minimum atomic E-state index is -2.58. The zero-order chi connectivity index (χ0) is 14.3. The van der Waals surface area contributed by atoms with Crippen molar-refractivity contribution in [2.75, 3.05) is 52.6 Å². The highest BCUT2D eigenvalue weighted by molar-refractivity contribution is 6.60. The molecule has 0 aromatic rings. The molecule has 6 nitrogen and oxygen atoms in total. The molecule has 0 aliphatic carbocycles. The molecule has 1 unspecified atom stereocenters. The van der Waals surface area contributed by atoms with Gasteiger partial charge >= 0.3 is 8.80 Å². The summed E-state index contributed by atoms with van der Waals surface area (Å²) in [6.07, 6.45) is 2.62. The zero-order valence-electron chi connectivity index (χ0n) is 12.1. The first-order chi connectivity index (χ1) is 9.78. The van der Waals surface area contributed by atoms with Crippen LogP contribution >= 0.6 is 0 Å². The van der Waals surface area contributed by atoms with Crippen molar-refractivity contribution in [3.63, 3.8) is 0 Å². The average Bonchev–Trinajstić information content (AvgIpc) is 2.38. The molecule has 0 spiro atoms. The van der Waals surface area contributed by atoms with E-state index in [4.69, 9.17) is 23.7 Å². The third-order valence-electron chi connectivity index (χ3n) is 3.49. The van der Waals surface area contributed by atoms with Crippen molar-refractivity contribution < 1.29 is 18.0 Å². The molecule has 0 amide bonds. The largest absolute Gasteiger partial charge is 0.501 e. The summed E-state index contributed by atoms with van der Waals surface area (Å²) in [6.45, 7) is 9.48. The lowest BCUT2D eigenvalue weighted by Gasteiger charge is -2.41. The van der Waals surface area contributed by atoms with E-state index in [1.54, 1.807) is 6.08 Å². The first kappa shape index (κ1) is 16.1. The molecule has 0 saturated carbocycles. The number of nitrogens with zero attached hydrogens (tertiary/aromatic N) is 1. The molecule has 7 heteroatoms. The smallest absolute Gasteiger partial charge is 0.375 e. The van der Waals surface area contributed by atoms with E-state index < -0.39 is 8.80 Å². The van der Waals surface area contributed by atoms with Gasteiger partial charge in [0.15, 0.2) is 0 Å². The summed E-state index contributed by atoms with van der Waals surface area (Å²) in [5, 5.41) is 0. The minimum Gasteiger partial charge on any atom is -0.375 e. The van der Waals surface area contributed by atoms with E-state index in [1.807, 2.05) is 0 Å². The van der Waals surface area contributed by atoms with Gasteiger partial charge in [0.1, 0.15) is 0 Å². The lowest BCUT2D eigenvalue weighted by Crippen LogP contribution is -2.58. The van der Waals surface area contributed by atoms with Crippen LogP contribution in [-0.4, -0.2) is 72.4 Å². The van der Waals surface area contributed by atoms with E-state index in [0.717, 1.165) is 32.1 Å². The first-order valence-corrected chi connectivity index (χ1v) is 9.28. The highest BCUT2D eigenvalue weighted by atomic mass is 28.4. The van der Waals surface area contributed by atoms with Gasteiger partial charge in [-0.05, 0) is 13.0 Å². The number of ether oxygens (including phenoxy) is 1. The van der Waals surface area contributed by atoms with Crippen LogP contribution < -0.4 is 5.73 Å². The van der Waals surface area contributed by atoms with Crippen molar-refractivity contribution in [2.24, 2.45) is 5.73 Å². The highest BCUT2D eigenvalue weighted by Crippen LogP contribution is 2.24. The quantitative estimate of drug-likeness (QED) is 0.412. The van der Waals surface area contributed by atoms with Crippen LogP contribution in [0.4, 0.5) is 0 Å². The van der Waals surface area contributed by atoms with E-state index in [9.17, 15) is 0 Å². The fraction of sp³-hybridized carbons (Fsp3) is 0.846. The second kappa shape index (κ2) is 8.23. The molecule has 2 N–H and O–H groups in total. The van der Waals surface area contributed by atoms with Crippen molar-refractivity contribution in [1.82, 2.24) is 4.90 Å². The predicted molar refractivity (Wildman–Crippen MR) is 78.5 cm³/mol. The van der Waals surface area contributed by atoms with Crippen molar-refractivity contribution in [1.29, 1.82) is 0 Å². The fourth-order valence-corrected chi connectivity index (χ4v) is 5.25. The second-order valence-corrected chi connectivity index (χ2v) is 7.82.